The monoisotopic (exact) mass is 164 g/mol. The lowest BCUT2D eigenvalue weighted by Crippen LogP contribution is -2.26. The van der Waals surface area contributed by atoms with Crippen molar-refractivity contribution in [2.75, 3.05) is 0 Å². The fraction of sp³-hybridized carbons (Fsp3) is 0.667. The van der Waals surface area contributed by atoms with Crippen molar-refractivity contribution in [1.29, 1.82) is 0 Å². The van der Waals surface area contributed by atoms with Crippen LogP contribution in [-0.2, 0) is 0 Å². The summed E-state index contributed by atoms with van der Waals surface area (Å²) in [5.74, 6) is 1.72. The number of hydrogen-bond donors (Lipinski definition) is 0. The molecular weight excluding hydrogens is 144 g/mol. The topological polar surface area (TPSA) is 0 Å². The van der Waals surface area contributed by atoms with E-state index in [1.807, 2.05) is 0 Å². The summed E-state index contributed by atoms with van der Waals surface area (Å²) in [5, 5.41) is 0. The highest BCUT2D eigenvalue weighted by molar-refractivity contribution is 5.29. The lowest BCUT2D eigenvalue weighted by atomic mass is 9.67. The average molecular weight is 164 g/mol. The third-order valence-electron chi connectivity index (χ3n) is 3.33. The second-order valence-corrected chi connectivity index (χ2v) is 3.85. The van der Waals surface area contributed by atoms with Crippen molar-refractivity contribution >= 4 is 0 Å². The second kappa shape index (κ2) is 3.93. The molecule has 0 amide bonds. The summed E-state index contributed by atoms with van der Waals surface area (Å²) in [7, 11) is 0. The van der Waals surface area contributed by atoms with Gasteiger partial charge in [0, 0.05) is 0 Å². The molecule has 12 heavy (non-hydrogen) atoms. The van der Waals surface area contributed by atoms with Crippen molar-refractivity contribution in [3.63, 3.8) is 0 Å². The molecule has 0 aromatic heterocycles. The number of hydrogen-bond acceptors (Lipinski definition) is 0. The Morgan fingerprint density at radius 2 is 2.17 bits per heavy atom. The van der Waals surface area contributed by atoms with Crippen molar-refractivity contribution in [1.82, 2.24) is 0 Å². The van der Waals surface area contributed by atoms with Crippen LogP contribution in [0.2, 0.25) is 0 Å². The summed E-state index contributed by atoms with van der Waals surface area (Å²) in [4.78, 5) is 0. The van der Waals surface area contributed by atoms with Gasteiger partial charge in [-0.15, -0.1) is 0 Å². The van der Waals surface area contributed by atoms with Crippen LogP contribution in [0.25, 0.3) is 0 Å². The van der Waals surface area contributed by atoms with Gasteiger partial charge in [-0.1, -0.05) is 31.6 Å². The van der Waals surface area contributed by atoms with Gasteiger partial charge in [0.1, 0.15) is 0 Å². The average Bonchev–Trinajstić information content (AvgIpc) is 2.02. The molecule has 0 aliphatic heterocycles. The van der Waals surface area contributed by atoms with Crippen LogP contribution < -0.4 is 0 Å². The van der Waals surface area contributed by atoms with E-state index in [4.69, 9.17) is 0 Å². The fourth-order valence-electron chi connectivity index (χ4n) is 1.99. The minimum atomic E-state index is 0.797. The Labute approximate surface area is 76.4 Å². The quantitative estimate of drug-likeness (QED) is 0.554. The molecule has 1 aliphatic carbocycles. The van der Waals surface area contributed by atoms with Crippen LogP contribution >= 0.6 is 0 Å². The zero-order valence-corrected chi connectivity index (χ0v) is 8.56. The molecule has 1 aliphatic rings. The van der Waals surface area contributed by atoms with Crippen LogP contribution in [0.5, 0.6) is 0 Å². The van der Waals surface area contributed by atoms with Crippen molar-refractivity contribution < 1.29 is 0 Å². The highest BCUT2D eigenvalue weighted by atomic mass is 14.4. The number of allylic oxidation sites excluding steroid dienone is 3. The maximum absolute atomic E-state index is 4.18. The first-order valence-electron chi connectivity index (χ1n) is 5.02. The first-order valence-corrected chi connectivity index (χ1v) is 5.02. The molecule has 0 bridgehead atoms. The highest BCUT2D eigenvalue weighted by Gasteiger charge is 2.31. The molecule has 0 aromatic rings. The van der Waals surface area contributed by atoms with E-state index < -0.39 is 0 Å². The minimum Gasteiger partial charge on any atom is -0.0953 e. The third-order valence-corrected chi connectivity index (χ3v) is 3.33. The Kier molecular flexibility index (Phi) is 3.13. The van der Waals surface area contributed by atoms with E-state index in [1.165, 1.54) is 30.4 Å². The first-order chi connectivity index (χ1) is 5.70. The second-order valence-electron chi connectivity index (χ2n) is 3.85. The molecular formula is C12H20. The van der Waals surface area contributed by atoms with E-state index in [1.54, 1.807) is 0 Å². The zero-order chi connectivity index (χ0) is 9.14. The summed E-state index contributed by atoms with van der Waals surface area (Å²) >= 11 is 0. The van der Waals surface area contributed by atoms with Gasteiger partial charge < -0.3 is 0 Å². The summed E-state index contributed by atoms with van der Waals surface area (Å²) in [6.07, 6.45) is 6.27. The predicted molar refractivity (Wildman–Crippen MR) is 55.1 cm³/mol. The predicted octanol–water partition coefficient (Wildman–Crippen LogP) is 3.95. The molecule has 1 fully saturated rings. The molecule has 0 N–H and O–H groups in total. The van der Waals surface area contributed by atoms with E-state index in [0.29, 0.717) is 0 Å². The van der Waals surface area contributed by atoms with Crippen LogP contribution in [0, 0.1) is 11.8 Å². The van der Waals surface area contributed by atoms with Crippen molar-refractivity contribution in [2.45, 2.75) is 40.0 Å². The SMILES string of the molecule is C=C(/C(C)=C\C)C1CCC1CC. The molecule has 2 atom stereocenters. The van der Waals surface area contributed by atoms with Crippen molar-refractivity contribution in [2.24, 2.45) is 11.8 Å². The lowest BCUT2D eigenvalue weighted by Gasteiger charge is -2.38. The summed E-state index contributed by atoms with van der Waals surface area (Å²) in [5.41, 5.74) is 2.77. The van der Waals surface area contributed by atoms with Gasteiger partial charge in [0.2, 0.25) is 0 Å². The Hall–Kier alpha value is -0.520. The third kappa shape index (κ3) is 1.63. The van der Waals surface area contributed by atoms with Crippen LogP contribution in [0.1, 0.15) is 40.0 Å². The Morgan fingerprint density at radius 1 is 1.50 bits per heavy atom. The lowest BCUT2D eigenvalue weighted by molar-refractivity contribution is 0.210. The van der Waals surface area contributed by atoms with E-state index in [2.05, 4.69) is 33.4 Å². The minimum absolute atomic E-state index is 0.797. The van der Waals surface area contributed by atoms with E-state index >= 15 is 0 Å². The molecule has 68 valence electrons. The number of rotatable bonds is 3. The Bertz CT molecular complexity index is 196. The van der Waals surface area contributed by atoms with Crippen LogP contribution in [0.15, 0.2) is 23.8 Å². The molecule has 0 radical (unpaired) electrons. The first kappa shape index (κ1) is 9.57. The van der Waals surface area contributed by atoms with Crippen molar-refractivity contribution in [3.05, 3.63) is 23.8 Å². The normalized spacial score (nSPS) is 29.8. The van der Waals surface area contributed by atoms with Crippen LogP contribution in [0.4, 0.5) is 0 Å². The van der Waals surface area contributed by atoms with Gasteiger partial charge in [-0.25, -0.2) is 0 Å². The maximum atomic E-state index is 4.18. The zero-order valence-electron chi connectivity index (χ0n) is 8.56. The molecule has 0 saturated heterocycles. The molecule has 0 spiro atoms. The molecule has 0 aromatic carbocycles. The largest absolute Gasteiger partial charge is 0.0953 e. The summed E-state index contributed by atoms with van der Waals surface area (Å²) < 4.78 is 0. The van der Waals surface area contributed by atoms with E-state index in [9.17, 15) is 0 Å². The van der Waals surface area contributed by atoms with E-state index in [-0.39, 0.29) is 0 Å². The van der Waals surface area contributed by atoms with Gasteiger partial charge in [0.25, 0.3) is 0 Å². The smallest absolute Gasteiger partial charge is 0.0137 e. The van der Waals surface area contributed by atoms with Gasteiger partial charge >= 0.3 is 0 Å². The maximum Gasteiger partial charge on any atom is -0.0137 e. The van der Waals surface area contributed by atoms with Gasteiger partial charge in [0.05, 0.1) is 0 Å². The van der Waals surface area contributed by atoms with Gasteiger partial charge in [-0.2, -0.15) is 0 Å². The van der Waals surface area contributed by atoms with Gasteiger partial charge in [-0.05, 0) is 44.1 Å². The highest BCUT2D eigenvalue weighted by Crippen LogP contribution is 2.42. The molecule has 0 heteroatoms. The van der Waals surface area contributed by atoms with E-state index in [0.717, 1.165) is 11.8 Å². The summed E-state index contributed by atoms with van der Waals surface area (Å²) in [6, 6.07) is 0. The molecule has 2 unspecified atom stereocenters. The van der Waals surface area contributed by atoms with Gasteiger partial charge in [0.15, 0.2) is 0 Å². The Balaban J connectivity index is 2.54. The van der Waals surface area contributed by atoms with Crippen molar-refractivity contribution in [3.8, 4) is 0 Å². The van der Waals surface area contributed by atoms with Crippen LogP contribution in [0.3, 0.4) is 0 Å². The molecule has 1 saturated carbocycles. The molecule has 0 heterocycles. The molecule has 1 rings (SSSR count). The van der Waals surface area contributed by atoms with Crippen LogP contribution in [-0.4, -0.2) is 0 Å². The van der Waals surface area contributed by atoms with Gasteiger partial charge in [-0.3, -0.25) is 0 Å². The molecule has 0 nitrogen and oxygen atoms in total. The standard InChI is InChI=1S/C12H20/c1-5-9(3)10(4)12-8-7-11(12)6-2/h5,11-12H,4,6-8H2,1-3H3/b9-5-. The summed E-state index contributed by atoms with van der Waals surface area (Å²) in [6.45, 7) is 10.7. The fourth-order valence-corrected chi connectivity index (χ4v) is 1.99. The Morgan fingerprint density at radius 3 is 2.50 bits per heavy atom.